The highest BCUT2D eigenvalue weighted by Crippen LogP contribution is 1.90. The van der Waals surface area contributed by atoms with Crippen molar-refractivity contribution in [1.29, 1.82) is 0 Å². The molecule has 0 spiro atoms. The van der Waals surface area contributed by atoms with Crippen LogP contribution in [0.4, 0.5) is 0 Å². The van der Waals surface area contributed by atoms with Crippen LogP contribution in [0.2, 0.25) is 0 Å². The van der Waals surface area contributed by atoms with Gasteiger partial charge in [-0.15, -0.1) is 0 Å². The van der Waals surface area contributed by atoms with E-state index >= 15 is 0 Å². The van der Waals surface area contributed by atoms with Crippen LogP contribution >= 0.6 is 0 Å². The molecule has 1 atom stereocenters. The Morgan fingerprint density at radius 3 is 2.67 bits per heavy atom. The van der Waals surface area contributed by atoms with E-state index in [1.54, 1.807) is 0 Å². The average molecular weight is 216 g/mol. The number of nitrogens with one attached hydrogen (secondary N) is 1. The zero-order valence-corrected chi connectivity index (χ0v) is 9.92. The number of amides is 1. The number of hydrogen-bond donors (Lipinski definition) is 2. The lowest BCUT2D eigenvalue weighted by Gasteiger charge is -2.07. The van der Waals surface area contributed by atoms with Crippen LogP contribution in [-0.2, 0) is 9.53 Å². The van der Waals surface area contributed by atoms with E-state index in [4.69, 9.17) is 10.5 Å². The first kappa shape index (κ1) is 14.4. The van der Waals surface area contributed by atoms with Crippen molar-refractivity contribution >= 4 is 5.91 Å². The molecule has 0 saturated heterocycles. The summed E-state index contributed by atoms with van der Waals surface area (Å²) in [6, 6.07) is -0.0641. The maximum Gasteiger partial charge on any atom is 0.221 e. The van der Waals surface area contributed by atoms with Gasteiger partial charge in [-0.2, -0.15) is 0 Å². The maximum absolute atomic E-state index is 11.2. The van der Waals surface area contributed by atoms with Crippen LogP contribution < -0.4 is 11.1 Å². The van der Waals surface area contributed by atoms with E-state index in [9.17, 15) is 4.79 Å². The van der Waals surface area contributed by atoms with Crippen LogP contribution in [0.25, 0.3) is 0 Å². The number of nitrogens with two attached hydrogens (primary N) is 1. The molecule has 1 unspecified atom stereocenters. The van der Waals surface area contributed by atoms with Gasteiger partial charge in [-0.1, -0.05) is 13.3 Å². The summed E-state index contributed by atoms with van der Waals surface area (Å²) in [5, 5.41) is 2.81. The van der Waals surface area contributed by atoms with Gasteiger partial charge in [0.1, 0.15) is 0 Å². The number of ether oxygens (including phenoxy) is 1. The molecule has 0 aromatic rings. The predicted octanol–water partition coefficient (Wildman–Crippen LogP) is 1.05. The summed E-state index contributed by atoms with van der Waals surface area (Å²) in [6.07, 6.45) is 3.53. The first-order valence-corrected chi connectivity index (χ1v) is 5.76. The number of hydrogen-bond acceptors (Lipinski definition) is 3. The van der Waals surface area contributed by atoms with E-state index in [0.717, 1.165) is 32.5 Å². The van der Waals surface area contributed by atoms with Gasteiger partial charge in [0.2, 0.25) is 5.91 Å². The largest absolute Gasteiger partial charge is 0.381 e. The fraction of sp³-hybridized carbons (Fsp3) is 0.909. The monoisotopic (exact) mass is 216 g/mol. The van der Waals surface area contributed by atoms with Crippen molar-refractivity contribution in [2.45, 2.75) is 45.6 Å². The summed E-state index contributed by atoms with van der Waals surface area (Å²) in [5.74, 6) is 0.0264. The molecule has 0 rings (SSSR count). The molecule has 4 nitrogen and oxygen atoms in total. The van der Waals surface area contributed by atoms with Crippen LogP contribution in [-0.4, -0.2) is 31.7 Å². The van der Waals surface area contributed by atoms with Gasteiger partial charge in [0.05, 0.1) is 0 Å². The molecule has 0 heterocycles. The third kappa shape index (κ3) is 11.3. The number of rotatable bonds is 9. The molecule has 0 bridgehead atoms. The molecule has 0 radical (unpaired) electrons. The second kappa shape index (κ2) is 9.93. The molecule has 0 fully saturated rings. The van der Waals surface area contributed by atoms with Crippen molar-refractivity contribution < 1.29 is 9.53 Å². The lowest BCUT2D eigenvalue weighted by molar-refractivity contribution is -0.121. The van der Waals surface area contributed by atoms with E-state index in [1.165, 1.54) is 0 Å². The van der Waals surface area contributed by atoms with Gasteiger partial charge in [-0.3, -0.25) is 4.79 Å². The fourth-order valence-corrected chi connectivity index (χ4v) is 1.12. The minimum atomic E-state index is -0.0641. The third-order valence-electron chi connectivity index (χ3n) is 1.94. The lowest BCUT2D eigenvalue weighted by Crippen LogP contribution is -2.30. The normalized spacial score (nSPS) is 12.5. The summed E-state index contributed by atoms with van der Waals surface area (Å²) >= 11 is 0. The zero-order valence-electron chi connectivity index (χ0n) is 9.92. The van der Waals surface area contributed by atoms with Gasteiger partial charge in [0.15, 0.2) is 0 Å². The Bertz CT molecular complexity index is 161. The van der Waals surface area contributed by atoms with Gasteiger partial charge in [-0.05, 0) is 19.8 Å². The Balaban J connectivity index is 3.13. The Kier molecular flexibility index (Phi) is 9.52. The van der Waals surface area contributed by atoms with Crippen molar-refractivity contribution in [3.8, 4) is 0 Å². The van der Waals surface area contributed by atoms with Crippen molar-refractivity contribution in [2.75, 3.05) is 19.8 Å². The topological polar surface area (TPSA) is 64.3 Å². The predicted molar refractivity (Wildman–Crippen MR) is 61.6 cm³/mol. The van der Waals surface area contributed by atoms with Crippen LogP contribution in [0.5, 0.6) is 0 Å². The van der Waals surface area contributed by atoms with E-state index in [2.05, 4.69) is 12.2 Å². The number of unbranched alkanes of at least 4 members (excludes halogenated alkanes) is 1. The molecule has 3 N–H and O–H groups in total. The molecule has 4 heteroatoms. The molecular formula is C11H24N2O2. The molecule has 0 aliphatic rings. The maximum atomic E-state index is 11.2. The molecule has 90 valence electrons. The van der Waals surface area contributed by atoms with Gasteiger partial charge in [-0.25, -0.2) is 0 Å². The minimum absolute atomic E-state index is 0.0264. The van der Waals surface area contributed by atoms with E-state index < -0.39 is 0 Å². The molecular weight excluding hydrogens is 192 g/mol. The summed E-state index contributed by atoms with van der Waals surface area (Å²) in [7, 11) is 0. The molecule has 1 amide bonds. The minimum Gasteiger partial charge on any atom is -0.381 e. The summed E-state index contributed by atoms with van der Waals surface area (Å²) < 4.78 is 5.36. The standard InChI is InChI=1S/C11H24N2O2/c1-3-4-7-15-8-5-6-13-11(14)9-10(2)12/h10H,3-9,12H2,1-2H3,(H,13,14). The summed E-state index contributed by atoms with van der Waals surface area (Å²) in [4.78, 5) is 11.2. The van der Waals surface area contributed by atoms with Crippen molar-refractivity contribution in [2.24, 2.45) is 5.73 Å². The van der Waals surface area contributed by atoms with Gasteiger partial charge >= 0.3 is 0 Å². The Hall–Kier alpha value is -0.610. The smallest absolute Gasteiger partial charge is 0.221 e. The number of carbonyl (C=O) groups is 1. The number of carbonyl (C=O) groups excluding carboxylic acids is 1. The quantitative estimate of drug-likeness (QED) is 0.566. The first-order valence-electron chi connectivity index (χ1n) is 5.76. The molecule has 0 aliphatic heterocycles. The molecule has 0 saturated carbocycles. The highest BCUT2D eigenvalue weighted by Gasteiger charge is 2.03. The molecule has 15 heavy (non-hydrogen) atoms. The van der Waals surface area contributed by atoms with Crippen molar-refractivity contribution in [3.63, 3.8) is 0 Å². The highest BCUT2D eigenvalue weighted by molar-refractivity contribution is 5.76. The van der Waals surface area contributed by atoms with E-state index in [-0.39, 0.29) is 11.9 Å². The van der Waals surface area contributed by atoms with Gasteiger partial charge in [0.25, 0.3) is 0 Å². The third-order valence-corrected chi connectivity index (χ3v) is 1.94. The van der Waals surface area contributed by atoms with Gasteiger partial charge < -0.3 is 15.8 Å². The summed E-state index contributed by atoms with van der Waals surface area (Å²) in [5.41, 5.74) is 5.49. The lowest BCUT2D eigenvalue weighted by atomic mass is 10.2. The second-order valence-electron chi connectivity index (χ2n) is 3.85. The average Bonchev–Trinajstić information content (AvgIpc) is 2.15. The molecule has 0 aliphatic carbocycles. The summed E-state index contributed by atoms with van der Waals surface area (Å²) in [6.45, 7) is 6.19. The highest BCUT2D eigenvalue weighted by atomic mass is 16.5. The van der Waals surface area contributed by atoms with E-state index in [1.807, 2.05) is 6.92 Å². The second-order valence-corrected chi connectivity index (χ2v) is 3.85. The fourth-order valence-electron chi connectivity index (χ4n) is 1.12. The van der Waals surface area contributed by atoms with Crippen LogP contribution in [0, 0.1) is 0 Å². The Morgan fingerprint density at radius 1 is 1.40 bits per heavy atom. The van der Waals surface area contributed by atoms with E-state index in [0.29, 0.717) is 13.0 Å². The van der Waals surface area contributed by atoms with Crippen molar-refractivity contribution in [1.82, 2.24) is 5.32 Å². The SMILES string of the molecule is CCCCOCCCNC(=O)CC(C)N. The molecule has 0 aromatic heterocycles. The van der Waals surface area contributed by atoms with Crippen LogP contribution in [0.1, 0.15) is 39.5 Å². The van der Waals surface area contributed by atoms with Crippen LogP contribution in [0.3, 0.4) is 0 Å². The van der Waals surface area contributed by atoms with Gasteiger partial charge in [0, 0.05) is 32.2 Å². The van der Waals surface area contributed by atoms with Crippen molar-refractivity contribution in [3.05, 3.63) is 0 Å². The Labute approximate surface area is 92.6 Å². The zero-order chi connectivity index (χ0) is 11.5. The Morgan fingerprint density at radius 2 is 2.07 bits per heavy atom. The van der Waals surface area contributed by atoms with Crippen LogP contribution in [0.15, 0.2) is 0 Å². The molecule has 0 aromatic carbocycles. The first-order chi connectivity index (χ1) is 7.16.